The van der Waals surface area contributed by atoms with Gasteiger partial charge in [0.1, 0.15) is 0 Å². The molecule has 1 rings (SSSR count). The molecular formula is C13H21NO. The Labute approximate surface area is 92.6 Å². The monoisotopic (exact) mass is 207 g/mol. The Hall–Kier alpha value is -0.860. The number of ether oxygens (including phenoxy) is 1. The van der Waals surface area contributed by atoms with Gasteiger partial charge in [-0.3, -0.25) is 0 Å². The van der Waals surface area contributed by atoms with Gasteiger partial charge in [-0.25, -0.2) is 0 Å². The largest absolute Gasteiger partial charge is 0.377 e. The second-order valence-corrected chi connectivity index (χ2v) is 3.67. The molecule has 1 N–H and O–H groups in total. The van der Waals surface area contributed by atoms with Gasteiger partial charge < -0.3 is 10.1 Å². The van der Waals surface area contributed by atoms with E-state index in [1.807, 2.05) is 7.05 Å². The molecule has 1 aromatic rings. The second-order valence-electron chi connectivity index (χ2n) is 3.67. The number of hydrogen-bond donors (Lipinski definition) is 1. The first kappa shape index (κ1) is 12.2. The zero-order valence-corrected chi connectivity index (χ0v) is 9.75. The highest BCUT2D eigenvalue weighted by molar-refractivity contribution is 5.26. The third-order valence-corrected chi connectivity index (χ3v) is 2.37. The van der Waals surface area contributed by atoms with E-state index in [1.165, 1.54) is 11.1 Å². The lowest BCUT2D eigenvalue weighted by atomic mass is 10.1. The summed E-state index contributed by atoms with van der Waals surface area (Å²) in [5.41, 5.74) is 2.71. The zero-order valence-electron chi connectivity index (χ0n) is 9.75. The van der Waals surface area contributed by atoms with Crippen molar-refractivity contribution < 1.29 is 4.74 Å². The predicted octanol–water partition coefficient (Wildman–Crippen LogP) is 2.38. The minimum absolute atomic E-state index is 0.744. The van der Waals surface area contributed by atoms with Crippen molar-refractivity contribution in [1.82, 2.24) is 5.32 Å². The maximum absolute atomic E-state index is 5.57. The van der Waals surface area contributed by atoms with Crippen LogP contribution in [0.5, 0.6) is 0 Å². The number of hydrogen-bond acceptors (Lipinski definition) is 2. The van der Waals surface area contributed by atoms with Crippen LogP contribution in [0.3, 0.4) is 0 Å². The van der Waals surface area contributed by atoms with Gasteiger partial charge in [-0.15, -0.1) is 0 Å². The van der Waals surface area contributed by atoms with Gasteiger partial charge in [0.05, 0.1) is 6.61 Å². The summed E-state index contributed by atoms with van der Waals surface area (Å²) in [6.45, 7) is 4.74. The molecule has 0 aliphatic heterocycles. The molecule has 0 amide bonds. The van der Waals surface area contributed by atoms with Gasteiger partial charge in [0, 0.05) is 6.61 Å². The SMILES string of the molecule is CCCOCc1ccccc1CCNC. The standard InChI is InChI=1S/C13H21NO/c1-3-10-15-11-13-7-5-4-6-12(13)8-9-14-2/h4-7,14H,3,8-11H2,1-2H3. The molecule has 15 heavy (non-hydrogen) atoms. The Bertz CT molecular complexity index is 273. The fourth-order valence-corrected chi connectivity index (χ4v) is 1.53. The molecule has 0 aromatic heterocycles. The lowest BCUT2D eigenvalue weighted by Gasteiger charge is -2.09. The van der Waals surface area contributed by atoms with Gasteiger partial charge in [-0.05, 0) is 37.6 Å². The van der Waals surface area contributed by atoms with Gasteiger partial charge in [-0.2, -0.15) is 0 Å². The maximum atomic E-state index is 5.57. The van der Waals surface area contributed by atoms with E-state index in [2.05, 4.69) is 36.5 Å². The number of likely N-dealkylation sites (N-methyl/N-ethyl adjacent to an activating group) is 1. The lowest BCUT2D eigenvalue weighted by molar-refractivity contribution is 0.121. The van der Waals surface area contributed by atoms with Crippen LogP contribution in [0, 0.1) is 0 Å². The summed E-state index contributed by atoms with van der Waals surface area (Å²) in [6, 6.07) is 8.50. The summed E-state index contributed by atoms with van der Waals surface area (Å²) in [7, 11) is 1.98. The lowest BCUT2D eigenvalue weighted by Crippen LogP contribution is -2.11. The van der Waals surface area contributed by atoms with E-state index in [-0.39, 0.29) is 0 Å². The first-order valence-corrected chi connectivity index (χ1v) is 5.67. The highest BCUT2D eigenvalue weighted by atomic mass is 16.5. The number of rotatable bonds is 7. The van der Waals surface area contributed by atoms with Crippen molar-refractivity contribution >= 4 is 0 Å². The van der Waals surface area contributed by atoms with Crippen LogP contribution in [-0.2, 0) is 17.8 Å². The van der Waals surface area contributed by atoms with Crippen molar-refractivity contribution in [2.75, 3.05) is 20.2 Å². The van der Waals surface area contributed by atoms with Crippen molar-refractivity contribution in [2.45, 2.75) is 26.4 Å². The normalized spacial score (nSPS) is 10.5. The number of nitrogens with one attached hydrogen (secondary N) is 1. The third kappa shape index (κ3) is 4.45. The van der Waals surface area contributed by atoms with Crippen LogP contribution in [-0.4, -0.2) is 20.2 Å². The zero-order chi connectivity index (χ0) is 10.9. The van der Waals surface area contributed by atoms with Crippen LogP contribution in [0.15, 0.2) is 24.3 Å². The summed E-state index contributed by atoms with van der Waals surface area (Å²) >= 11 is 0. The van der Waals surface area contributed by atoms with Crippen LogP contribution in [0.2, 0.25) is 0 Å². The van der Waals surface area contributed by atoms with Crippen molar-refractivity contribution in [3.8, 4) is 0 Å². The van der Waals surface area contributed by atoms with E-state index < -0.39 is 0 Å². The van der Waals surface area contributed by atoms with E-state index in [9.17, 15) is 0 Å². The molecule has 0 saturated carbocycles. The maximum Gasteiger partial charge on any atom is 0.0719 e. The van der Waals surface area contributed by atoms with Crippen molar-refractivity contribution in [1.29, 1.82) is 0 Å². The predicted molar refractivity (Wildman–Crippen MR) is 64.0 cm³/mol. The van der Waals surface area contributed by atoms with Crippen molar-refractivity contribution in [3.05, 3.63) is 35.4 Å². The molecule has 0 fully saturated rings. The van der Waals surface area contributed by atoms with Gasteiger partial charge in [-0.1, -0.05) is 31.2 Å². The summed E-state index contributed by atoms with van der Waals surface area (Å²) < 4.78 is 5.57. The molecule has 84 valence electrons. The van der Waals surface area contributed by atoms with Crippen LogP contribution in [0.25, 0.3) is 0 Å². The summed E-state index contributed by atoms with van der Waals surface area (Å²) in [5, 5.41) is 3.17. The smallest absolute Gasteiger partial charge is 0.0719 e. The highest BCUT2D eigenvalue weighted by Gasteiger charge is 2.00. The minimum atomic E-state index is 0.744. The molecule has 0 spiro atoms. The van der Waals surface area contributed by atoms with Gasteiger partial charge >= 0.3 is 0 Å². The minimum Gasteiger partial charge on any atom is -0.377 e. The van der Waals surface area contributed by atoms with E-state index in [0.29, 0.717) is 0 Å². The molecule has 0 bridgehead atoms. The Morgan fingerprint density at radius 2 is 1.93 bits per heavy atom. The average Bonchev–Trinajstić information content (AvgIpc) is 2.28. The first-order valence-electron chi connectivity index (χ1n) is 5.67. The van der Waals surface area contributed by atoms with E-state index in [0.717, 1.165) is 32.6 Å². The Balaban J connectivity index is 2.52. The van der Waals surface area contributed by atoms with Crippen molar-refractivity contribution in [3.63, 3.8) is 0 Å². The van der Waals surface area contributed by atoms with E-state index in [4.69, 9.17) is 4.74 Å². The quantitative estimate of drug-likeness (QED) is 0.693. The highest BCUT2D eigenvalue weighted by Crippen LogP contribution is 2.10. The molecule has 0 radical (unpaired) electrons. The molecule has 1 aromatic carbocycles. The first-order chi connectivity index (χ1) is 7.38. The topological polar surface area (TPSA) is 21.3 Å². The van der Waals surface area contributed by atoms with Gasteiger partial charge in [0.25, 0.3) is 0 Å². The molecular weight excluding hydrogens is 186 g/mol. The Kier molecular flexibility index (Phi) is 6.05. The van der Waals surface area contributed by atoms with Crippen LogP contribution < -0.4 is 5.32 Å². The fourth-order valence-electron chi connectivity index (χ4n) is 1.53. The summed E-state index contributed by atoms with van der Waals surface area (Å²) in [6.07, 6.45) is 2.15. The average molecular weight is 207 g/mol. The van der Waals surface area contributed by atoms with Crippen LogP contribution in [0.4, 0.5) is 0 Å². The molecule has 0 atom stereocenters. The Morgan fingerprint density at radius 1 is 1.20 bits per heavy atom. The second kappa shape index (κ2) is 7.43. The molecule has 2 nitrogen and oxygen atoms in total. The van der Waals surface area contributed by atoms with Gasteiger partial charge in [0.2, 0.25) is 0 Å². The van der Waals surface area contributed by atoms with E-state index >= 15 is 0 Å². The molecule has 0 aliphatic rings. The number of benzene rings is 1. The summed E-state index contributed by atoms with van der Waals surface area (Å²) in [5.74, 6) is 0. The molecule has 0 saturated heterocycles. The van der Waals surface area contributed by atoms with Crippen LogP contribution >= 0.6 is 0 Å². The molecule has 0 heterocycles. The van der Waals surface area contributed by atoms with Crippen molar-refractivity contribution in [2.24, 2.45) is 0 Å². The van der Waals surface area contributed by atoms with Gasteiger partial charge in [0.15, 0.2) is 0 Å². The van der Waals surface area contributed by atoms with Crippen LogP contribution in [0.1, 0.15) is 24.5 Å². The summed E-state index contributed by atoms with van der Waals surface area (Å²) in [4.78, 5) is 0. The Morgan fingerprint density at radius 3 is 2.60 bits per heavy atom. The third-order valence-electron chi connectivity index (χ3n) is 2.37. The fraction of sp³-hybridized carbons (Fsp3) is 0.538. The molecule has 0 aliphatic carbocycles. The molecule has 0 unspecified atom stereocenters. The molecule has 2 heteroatoms. The van der Waals surface area contributed by atoms with E-state index in [1.54, 1.807) is 0 Å².